The molecule has 0 spiro atoms. The smallest absolute Gasteiger partial charge is 0.305 e. The van der Waals surface area contributed by atoms with E-state index in [1.807, 2.05) is 0 Å². The molecular formula is C23H34O3. The summed E-state index contributed by atoms with van der Waals surface area (Å²) >= 11 is 0. The van der Waals surface area contributed by atoms with Crippen molar-refractivity contribution in [2.24, 2.45) is 0 Å². The van der Waals surface area contributed by atoms with Crippen LogP contribution in [0.25, 0.3) is 0 Å². The summed E-state index contributed by atoms with van der Waals surface area (Å²) in [7, 11) is 1.42. The lowest BCUT2D eigenvalue weighted by Crippen LogP contribution is -2.03. The Kier molecular flexibility index (Phi) is 13.1. The molecule has 3 nitrogen and oxygen atoms in total. The average molecular weight is 359 g/mol. The highest BCUT2D eigenvalue weighted by molar-refractivity contribution is 5.69. The van der Waals surface area contributed by atoms with Crippen molar-refractivity contribution in [3.8, 4) is 0 Å². The molecule has 0 aliphatic carbocycles. The Hall–Kier alpha value is -1.87. The van der Waals surface area contributed by atoms with Gasteiger partial charge in [-0.15, -0.1) is 0 Å². The molecule has 3 heteroatoms. The first-order chi connectivity index (χ1) is 12.8. The molecule has 0 saturated carbocycles. The van der Waals surface area contributed by atoms with Gasteiger partial charge in [0.15, 0.2) is 0 Å². The fourth-order valence-corrected chi connectivity index (χ4v) is 2.48. The minimum Gasteiger partial charge on any atom is -0.469 e. The maximum absolute atomic E-state index is 11.0. The van der Waals surface area contributed by atoms with E-state index in [1.165, 1.54) is 7.11 Å². The molecule has 0 N–H and O–H groups in total. The average Bonchev–Trinajstić information content (AvgIpc) is 3.41. The SMILES string of the molecule is CC/C=C\C/C=C\C/C=C\C/C=C\C/C=C\C[C@@H]1O[C@H]1CCC(=O)OC. The summed E-state index contributed by atoms with van der Waals surface area (Å²) in [5.74, 6) is -0.158. The molecule has 1 saturated heterocycles. The number of esters is 1. The van der Waals surface area contributed by atoms with Crippen molar-refractivity contribution < 1.29 is 14.3 Å². The van der Waals surface area contributed by atoms with E-state index < -0.39 is 0 Å². The molecule has 0 aromatic rings. The fraction of sp³-hybridized carbons (Fsp3) is 0.522. The van der Waals surface area contributed by atoms with Gasteiger partial charge < -0.3 is 9.47 Å². The Bertz CT molecular complexity index is 512. The standard InChI is InChI=1S/C23H34O3/c1-3-4-5-6-7-8-9-10-11-12-13-14-15-16-17-18-21-22(26-21)19-20-23(24)25-2/h4-5,7-8,10-11,13-14,16-17,21-22H,3,6,9,12,15,18-20H2,1-2H3/b5-4-,8-7-,11-10-,14-13-,17-16-/t21-,22-/m0/s1. The van der Waals surface area contributed by atoms with E-state index >= 15 is 0 Å². The molecule has 26 heavy (non-hydrogen) atoms. The summed E-state index contributed by atoms with van der Waals surface area (Å²) < 4.78 is 10.2. The van der Waals surface area contributed by atoms with Crippen LogP contribution >= 0.6 is 0 Å². The van der Waals surface area contributed by atoms with Crippen molar-refractivity contribution in [3.05, 3.63) is 60.8 Å². The van der Waals surface area contributed by atoms with Gasteiger partial charge in [0.05, 0.1) is 19.3 Å². The van der Waals surface area contributed by atoms with Gasteiger partial charge in [0.25, 0.3) is 0 Å². The first-order valence-electron chi connectivity index (χ1n) is 9.75. The molecule has 1 aliphatic heterocycles. The summed E-state index contributed by atoms with van der Waals surface area (Å²) in [6.45, 7) is 2.15. The Morgan fingerprint density at radius 1 is 0.808 bits per heavy atom. The lowest BCUT2D eigenvalue weighted by molar-refractivity contribution is -0.140. The van der Waals surface area contributed by atoms with Crippen LogP contribution in [-0.4, -0.2) is 25.3 Å². The van der Waals surface area contributed by atoms with Gasteiger partial charge in [-0.05, 0) is 44.9 Å². The van der Waals surface area contributed by atoms with Crippen LogP contribution in [0.1, 0.15) is 58.3 Å². The number of carbonyl (C=O) groups excluding carboxylic acids is 1. The van der Waals surface area contributed by atoms with E-state index in [4.69, 9.17) is 4.74 Å². The maximum Gasteiger partial charge on any atom is 0.305 e. The van der Waals surface area contributed by atoms with Crippen LogP contribution in [0.3, 0.4) is 0 Å². The second-order valence-electron chi connectivity index (χ2n) is 6.27. The Labute approximate surface area is 159 Å². The summed E-state index contributed by atoms with van der Waals surface area (Å²) in [6.07, 6.45) is 29.7. The van der Waals surface area contributed by atoms with Crippen molar-refractivity contribution in [2.45, 2.75) is 70.5 Å². The molecule has 1 rings (SSSR count). The van der Waals surface area contributed by atoms with E-state index in [9.17, 15) is 4.79 Å². The van der Waals surface area contributed by atoms with Crippen molar-refractivity contribution >= 4 is 5.97 Å². The number of ether oxygens (including phenoxy) is 2. The Balaban J connectivity index is 1.94. The zero-order valence-corrected chi connectivity index (χ0v) is 16.3. The van der Waals surface area contributed by atoms with Gasteiger partial charge in [-0.3, -0.25) is 4.79 Å². The molecule has 0 bridgehead atoms. The molecule has 1 aliphatic rings. The monoisotopic (exact) mass is 358 g/mol. The van der Waals surface area contributed by atoms with E-state index in [0.29, 0.717) is 6.42 Å². The summed E-state index contributed by atoms with van der Waals surface area (Å²) in [4.78, 5) is 11.0. The Morgan fingerprint density at radius 3 is 1.81 bits per heavy atom. The van der Waals surface area contributed by atoms with Gasteiger partial charge in [0.2, 0.25) is 0 Å². The van der Waals surface area contributed by atoms with E-state index in [1.54, 1.807) is 0 Å². The van der Waals surface area contributed by atoms with Gasteiger partial charge >= 0.3 is 5.97 Å². The minimum atomic E-state index is -0.158. The van der Waals surface area contributed by atoms with Crippen LogP contribution in [0.15, 0.2) is 60.8 Å². The van der Waals surface area contributed by atoms with Crippen LogP contribution in [0.5, 0.6) is 0 Å². The molecule has 0 aromatic carbocycles. The molecule has 0 aromatic heterocycles. The molecule has 144 valence electrons. The quantitative estimate of drug-likeness (QED) is 0.222. The van der Waals surface area contributed by atoms with Crippen LogP contribution in [0, 0.1) is 0 Å². The largest absolute Gasteiger partial charge is 0.469 e. The second-order valence-corrected chi connectivity index (χ2v) is 6.27. The molecule has 1 heterocycles. The number of hydrogen-bond acceptors (Lipinski definition) is 3. The molecule has 0 amide bonds. The van der Waals surface area contributed by atoms with E-state index in [2.05, 4.69) is 72.4 Å². The number of hydrogen-bond donors (Lipinski definition) is 0. The van der Waals surface area contributed by atoms with Crippen LogP contribution in [0.4, 0.5) is 0 Å². The summed E-state index contributed by atoms with van der Waals surface area (Å²) in [5.41, 5.74) is 0. The van der Waals surface area contributed by atoms with E-state index in [-0.39, 0.29) is 18.2 Å². The number of epoxide rings is 1. The number of methoxy groups -OCH3 is 1. The van der Waals surface area contributed by atoms with Crippen LogP contribution in [-0.2, 0) is 14.3 Å². The van der Waals surface area contributed by atoms with Gasteiger partial charge in [0, 0.05) is 6.42 Å². The first kappa shape index (κ1) is 22.2. The van der Waals surface area contributed by atoms with Crippen LogP contribution < -0.4 is 0 Å². The molecular weight excluding hydrogens is 324 g/mol. The maximum atomic E-state index is 11.0. The molecule has 0 unspecified atom stereocenters. The lowest BCUT2D eigenvalue weighted by atomic mass is 10.1. The van der Waals surface area contributed by atoms with Gasteiger partial charge in [-0.2, -0.15) is 0 Å². The lowest BCUT2D eigenvalue weighted by Gasteiger charge is -1.95. The normalized spacial score (nSPS) is 20.4. The molecule has 0 radical (unpaired) electrons. The van der Waals surface area contributed by atoms with Gasteiger partial charge in [-0.1, -0.05) is 67.7 Å². The highest BCUT2D eigenvalue weighted by Gasteiger charge is 2.37. The predicted octanol–water partition coefficient (Wildman–Crippen LogP) is 5.85. The highest BCUT2D eigenvalue weighted by Crippen LogP contribution is 2.29. The first-order valence-corrected chi connectivity index (χ1v) is 9.75. The van der Waals surface area contributed by atoms with Gasteiger partial charge in [0.1, 0.15) is 0 Å². The predicted molar refractivity (Wildman–Crippen MR) is 109 cm³/mol. The second kappa shape index (κ2) is 15.4. The third-order valence-corrected chi connectivity index (χ3v) is 4.07. The number of allylic oxidation sites excluding steroid dienone is 9. The van der Waals surface area contributed by atoms with Gasteiger partial charge in [-0.25, -0.2) is 0 Å². The zero-order valence-electron chi connectivity index (χ0n) is 16.3. The van der Waals surface area contributed by atoms with E-state index in [0.717, 1.165) is 44.9 Å². The Morgan fingerprint density at radius 2 is 1.31 bits per heavy atom. The highest BCUT2D eigenvalue weighted by atomic mass is 16.6. The topological polar surface area (TPSA) is 38.8 Å². The molecule has 1 fully saturated rings. The third kappa shape index (κ3) is 12.5. The molecule has 2 atom stereocenters. The number of carbonyl (C=O) groups is 1. The van der Waals surface area contributed by atoms with Crippen molar-refractivity contribution in [3.63, 3.8) is 0 Å². The van der Waals surface area contributed by atoms with Crippen molar-refractivity contribution in [1.29, 1.82) is 0 Å². The minimum absolute atomic E-state index is 0.158. The third-order valence-electron chi connectivity index (χ3n) is 4.07. The van der Waals surface area contributed by atoms with Crippen molar-refractivity contribution in [2.75, 3.05) is 7.11 Å². The fourth-order valence-electron chi connectivity index (χ4n) is 2.48. The summed E-state index contributed by atoms with van der Waals surface area (Å²) in [6, 6.07) is 0. The summed E-state index contributed by atoms with van der Waals surface area (Å²) in [5, 5.41) is 0. The van der Waals surface area contributed by atoms with Crippen molar-refractivity contribution in [1.82, 2.24) is 0 Å². The zero-order chi connectivity index (χ0) is 18.9. The number of rotatable bonds is 14. The van der Waals surface area contributed by atoms with Crippen LogP contribution in [0.2, 0.25) is 0 Å².